The fourth-order valence-electron chi connectivity index (χ4n) is 4.97. The number of ether oxygens (including phenoxy) is 1. The number of methoxy groups -OCH3 is 1. The molecule has 4 rings (SSSR count). The quantitative estimate of drug-likeness (QED) is 0.278. The van der Waals surface area contributed by atoms with Crippen molar-refractivity contribution in [2.75, 3.05) is 32.5 Å². The van der Waals surface area contributed by atoms with Gasteiger partial charge < -0.3 is 14.7 Å². The zero-order valence-corrected chi connectivity index (χ0v) is 22.1. The van der Waals surface area contributed by atoms with Crippen molar-refractivity contribution in [3.8, 4) is 5.75 Å². The number of likely N-dealkylation sites (tertiary alicyclic amines) is 1. The molecule has 0 saturated carbocycles. The van der Waals surface area contributed by atoms with Crippen LogP contribution in [0.2, 0.25) is 5.02 Å². The number of halogens is 2. The van der Waals surface area contributed by atoms with Gasteiger partial charge in [-0.2, -0.15) is 4.39 Å². The third-order valence-electron chi connectivity index (χ3n) is 6.75. The Bertz CT molecular complexity index is 1160. The van der Waals surface area contributed by atoms with Crippen molar-refractivity contribution in [1.82, 2.24) is 9.88 Å². The van der Waals surface area contributed by atoms with E-state index in [0.717, 1.165) is 77.5 Å². The number of hydrogen-bond donors (Lipinski definition) is 1. The standard InChI is InChI=1S/C26H30ClFN2O3S2/c1-33-19-5-6-23-21(14-19)20(22(27)15-29-23)4-2-3-17-9-10-30(16-18(17)13-25(31)32)11-12-34-26-8-7-24(28)35-26/h5-8,14-15,17-18H,2-4,9-13,16H2,1H3,(H,31,32)/t17-,18+/m1/s1. The number of aryl methyl sites for hydroxylation is 1. The van der Waals surface area contributed by atoms with Crippen LogP contribution < -0.4 is 4.74 Å². The molecule has 0 radical (unpaired) electrons. The molecule has 0 amide bonds. The van der Waals surface area contributed by atoms with Crippen molar-refractivity contribution < 1.29 is 19.0 Å². The van der Waals surface area contributed by atoms with Gasteiger partial charge >= 0.3 is 5.97 Å². The molecule has 9 heteroatoms. The average molecular weight is 537 g/mol. The maximum Gasteiger partial charge on any atom is 0.303 e. The van der Waals surface area contributed by atoms with Gasteiger partial charge in [-0.05, 0) is 80.0 Å². The van der Waals surface area contributed by atoms with E-state index in [-0.39, 0.29) is 17.5 Å². The summed E-state index contributed by atoms with van der Waals surface area (Å²) in [6.45, 7) is 2.65. The number of benzene rings is 1. The van der Waals surface area contributed by atoms with E-state index in [2.05, 4.69) is 9.88 Å². The molecular weight excluding hydrogens is 507 g/mol. The molecule has 3 heterocycles. The van der Waals surface area contributed by atoms with Crippen LogP contribution in [0, 0.1) is 17.0 Å². The molecule has 1 aromatic carbocycles. The zero-order chi connectivity index (χ0) is 24.8. The minimum Gasteiger partial charge on any atom is -0.497 e. The van der Waals surface area contributed by atoms with Gasteiger partial charge in [0.05, 0.1) is 21.9 Å². The Kier molecular flexibility index (Phi) is 9.27. The van der Waals surface area contributed by atoms with Crippen molar-refractivity contribution in [2.45, 2.75) is 36.3 Å². The fourth-order valence-corrected chi connectivity index (χ4v) is 7.12. The molecule has 1 saturated heterocycles. The van der Waals surface area contributed by atoms with Crippen molar-refractivity contribution in [3.63, 3.8) is 0 Å². The van der Waals surface area contributed by atoms with Crippen LogP contribution in [0.5, 0.6) is 5.75 Å². The molecule has 3 aromatic rings. The van der Waals surface area contributed by atoms with Gasteiger partial charge in [-0.25, -0.2) is 0 Å². The second-order valence-corrected chi connectivity index (χ2v) is 11.8. The topological polar surface area (TPSA) is 62.7 Å². The lowest BCUT2D eigenvalue weighted by atomic mass is 9.80. The van der Waals surface area contributed by atoms with Crippen LogP contribution in [0.1, 0.15) is 31.2 Å². The van der Waals surface area contributed by atoms with Gasteiger partial charge in [-0.1, -0.05) is 22.9 Å². The van der Waals surface area contributed by atoms with Crippen LogP contribution in [0.4, 0.5) is 4.39 Å². The van der Waals surface area contributed by atoms with Crippen molar-refractivity contribution in [1.29, 1.82) is 0 Å². The Hall–Kier alpha value is -1.87. The first-order valence-electron chi connectivity index (χ1n) is 11.9. The maximum atomic E-state index is 13.2. The van der Waals surface area contributed by atoms with Crippen LogP contribution in [0.15, 0.2) is 40.7 Å². The minimum atomic E-state index is -0.736. The van der Waals surface area contributed by atoms with Crippen LogP contribution >= 0.6 is 34.7 Å². The first kappa shape index (κ1) is 26.2. The third-order valence-corrected chi connectivity index (χ3v) is 9.15. The predicted molar refractivity (Wildman–Crippen MR) is 142 cm³/mol. The number of aliphatic carboxylic acids is 1. The lowest BCUT2D eigenvalue weighted by molar-refractivity contribution is -0.139. The number of carboxylic acid groups (broad SMARTS) is 1. The van der Waals surface area contributed by atoms with E-state index >= 15 is 0 Å². The molecule has 1 aliphatic rings. The Morgan fingerprint density at radius 2 is 2.20 bits per heavy atom. The highest BCUT2D eigenvalue weighted by Crippen LogP contribution is 2.34. The molecule has 0 unspecified atom stereocenters. The number of hydrogen-bond acceptors (Lipinski definition) is 6. The van der Waals surface area contributed by atoms with Gasteiger partial charge in [-0.15, -0.1) is 11.8 Å². The summed E-state index contributed by atoms with van der Waals surface area (Å²) in [5.41, 5.74) is 1.97. The number of aromatic nitrogens is 1. The Morgan fingerprint density at radius 3 is 2.94 bits per heavy atom. The highest BCUT2D eigenvalue weighted by Gasteiger charge is 2.30. The number of carbonyl (C=O) groups is 1. The Balaban J connectivity index is 1.33. The average Bonchev–Trinajstić information content (AvgIpc) is 3.25. The number of piperidine rings is 1. The lowest BCUT2D eigenvalue weighted by Gasteiger charge is -2.38. The molecule has 5 nitrogen and oxygen atoms in total. The molecule has 1 aliphatic heterocycles. The SMILES string of the molecule is COc1ccc2ncc(Cl)c(CCC[C@@H]3CCN(CCSc4ccc(F)s4)C[C@@H]3CC(=O)O)c2c1. The van der Waals surface area contributed by atoms with Gasteiger partial charge in [0, 0.05) is 36.8 Å². The highest BCUT2D eigenvalue weighted by atomic mass is 35.5. The summed E-state index contributed by atoms with van der Waals surface area (Å²) in [6, 6.07) is 9.14. The first-order chi connectivity index (χ1) is 16.9. The zero-order valence-electron chi connectivity index (χ0n) is 19.7. The van der Waals surface area contributed by atoms with Gasteiger partial charge in [0.1, 0.15) is 5.75 Å². The number of nitrogens with zero attached hydrogens (tertiary/aromatic N) is 2. The number of thioether (sulfide) groups is 1. The van der Waals surface area contributed by atoms with Gasteiger partial charge in [0.2, 0.25) is 0 Å². The van der Waals surface area contributed by atoms with Gasteiger partial charge in [-0.3, -0.25) is 9.78 Å². The monoisotopic (exact) mass is 536 g/mol. The molecule has 35 heavy (non-hydrogen) atoms. The molecule has 188 valence electrons. The van der Waals surface area contributed by atoms with Crippen molar-refractivity contribution in [2.24, 2.45) is 11.8 Å². The lowest BCUT2D eigenvalue weighted by Crippen LogP contribution is -2.42. The summed E-state index contributed by atoms with van der Waals surface area (Å²) in [5, 5.41) is 11.0. The van der Waals surface area contributed by atoms with E-state index < -0.39 is 5.97 Å². The number of fused-ring (bicyclic) bond motifs is 1. The second-order valence-electron chi connectivity index (χ2n) is 8.97. The summed E-state index contributed by atoms with van der Waals surface area (Å²) < 4.78 is 19.6. The van der Waals surface area contributed by atoms with Crippen molar-refractivity contribution in [3.05, 3.63) is 52.2 Å². The number of pyridine rings is 1. The molecular formula is C26H30ClFN2O3S2. The first-order valence-corrected chi connectivity index (χ1v) is 14.0. The largest absolute Gasteiger partial charge is 0.497 e. The van der Waals surface area contributed by atoms with Crippen LogP contribution in [-0.4, -0.2) is 53.5 Å². The van der Waals surface area contributed by atoms with Crippen LogP contribution in [0.25, 0.3) is 10.9 Å². The summed E-state index contributed by atoms with van der Waals surface area (Å²) in [7, 11) is 1.65. The highest BCUT2D eigenvalue weighted by molar-refractivity contribution is 8.01. The fraction of sp³-hybridized carbons (Fsp3) is 0.462. The molecule has 0 bridgehead atoms. The van der Waals surface area contributed by atoms with E-state index in [0.29, 0.717) is 10.9 Å². The Labute approximate surface area is 218 Å². The van der Waals surface area contributed by atoms with E-state index in [9.17, 15) is 14.3 Å². The summed E-state index contributed by atoms with van der Waals surface area (Å²) >= 11 is 9.36. The summed E-state index contributed by atoms with van der Waals surface area (Å²) in [4.78, 5) is 18.4. The summed E-state index contributed by atoms with van der Waals surface area (Å²) in [6.07, 6.45) is 5.63. The maximum absolute atomic E-state index is 13.2. The minimum absolute atomic E-state index is 0.134. The summed E-state index contributed by atoms with van der Waals surface area (Å²) in [5.74, 6) is 1.43. The molecule has 0 aliphatic carbocycles. The molecule has 2 atom stereocenters. The third kappa shape index (κ3) is 7.09. The Morgan fingerprint density at radius 1 is 1.34 bits per heavy atom. The van der Waals surface area contributed by atoms with Crippen LogP contribution in [0.3, 0.4) is 0 Å². The number of rotatable bonds is 11. The van der Waals surface area contributed by atoms with E-state index in [1.165, 1.54) is 17.4 Å². The number of carboxylic acids is 1. The van der Waals surface area contributed by atoms with Crippen LogP contribution in [-0.2, 0) is 11.2 Å². The van der Waals surface area contributed by atoms with Gasteiger partial charge in [0.15, 0.2) is 5.13 Å². The molecule has 0 spiro atoms. The second kappa shape index (κ2) is 12.4. The van der Waals surface area contributed by atoms with E-state index in [1.807, 2.05) is 24.3 Å². The predicted octanol–water partition coefficient (Wildman–Crippen LogP) is 6.63. The van der Waals surface area contributed by atoms with E-state index in [4.69, 9.17) is 16.3 Å². The van der Waals surface area contributed by atoms with E-state index in [1.54, 1.807) is 25.1 Å². The van der Waals surface area contributed by atoms with Crippen molar-refractivity contribution >= 4 is 51.6 Å². The molecule has 1 fully saturated rings. The van der Waals surface area contributed by atoms with Gasteiger partial charge in [0.25, 0.3) is 0 Å². The smallest absolute Gasteiger partial charge is 0.303 e. The number of thiophene rings is 1. The normalized spacial score (nSPS) is 18.7. The molecule has 1 N–H and O–H groups in total. The molecule has 2 aromatic heterocycles.